The Labute approximate surface area is 378 Å². The van der Waals surface area contributed by atoms with Gasteiger partial charge in [-0.2, -0.15) is 0 Å². The topological polar surface area (TPSA) is 181 Å². The van der Waals surface area contributed by atoms with Gasteiger partial charge in [-0.05, 0) is 53.9 Å². The second-order valence-electron chi connectivity index (χ2n) is 16.7. The van der Waals surface area contributed by atoms with E-state index in [1.165, 1.54) is 0 Å². The first-order chi connectivity index (χ1) is 31.9. The van der Waals surface area contributed by atoms with Gasteiger partial charge in [-0.25, -0.2) is 19.6 Å². The van der Waals surface area contributed by atoms with E-state index in [0.717, 1.165) is 53.6 Å². The molecule has 2 aromatic heterocycles. The van der Waals surface area contributed by atoms with Gasteiger partial charge >= 0.3 is 12.1 Å². The van der Waals surface area contributed by atoms with Crippen LogP contribution >= 0.6 is 0 Å². The Hall–Kier alpha value is -6.96. The second-order valence-corrected chi connectivity index (χ2v) is 16.7. The summed E-state index contributed by atoms with van der Waals surface area (Å²) in [6.45, 7) is 4.93. The molecule has 9 rings (SSSR count). The van der Waals surface area contributed by atoms with Gasteiger partial charge in [0.05, 0.1) is 56.6 Å². The van der Waals surface area contributed by atoms with Gasteiger partial charge in [-0.15, -0.1) is 0 Å². The summed E-state index contributed by atoms with van der Waals surface area (Å²) in [5.41, 5.74) is 4.96. The van der Waals surface area contributed by atoms with Crippen molar-refractivity contribution in [3.63, 3.8) is 0 Å². The van der Waals surface area contributed by atoms with Crippen LogP contribution in [0.2, 0.25) is 0 Å². The monoisotopic (exact) mass is 878 g/mol. The molecule has 3 aromatic carbocycles. The van der Waals surface area contributed by atoms with Crippen LogP contribution in [-0.4, -0.2) is 129 Å². The zero-order valence-electron chi connectivity index (χ0n) is 36.3. The van der Waals surface area contributed by atoms with E-state index in [2.05, 4.69) is 37.4 Å². The number of carbonyl (C=O) groups is 4. The molecule has 4 aliphatic rings. The summed E-state index contributed by atoms with van der Waals surface area (Å²) in [5.74, 6) is 7.52. The minimum atomic E-state index is -0.836. The number of nitrogens with one attached hydrogen (secondary N) is 4. The quantitative estimate of drug-likeness (QED) is 0.137. The summed E-state index contributed by atoms with van der Waals surface area (Å²) < 4.78 is 10.8. The number of hydrogen-bond donors (Lipinski definition) is 4. The number of urea groups is 2. The molecule has 4 N–H and O–H groups in total. The van der Waals surface area contributed by atoms with Gasteiger partial charge in [-0.3, -0.25) is 9.59 Å². The number of amides is 6. The van der Waals surface area contributed by atoms with Crippen LogP contribution in [0, 0.1) is 11.8 Å². The van der Waals surface area contributed by atoms with Gasteiger partial charge in [0.25, 0.3) is 0 Å². The van der Waals surface area contributed by atoms with Crippen molar-refractivity contribution in [1.29, 1.82) is 0 Å². The lowest BCUT2D eigenvalue weighted by molar-refractivity contribution is -0.135. The molecule has 4 unspecified atom stereocenters. The van der Waals surface area contributed by atoms with Crippen molar-refractivity contribution in [2.45, 2.75) is 56.3 Å². The van der Waals surface area contributed by atoms with Crippen molar-refractivity contribution >= 4 is 23.9 Å². The van der Waals surface area contributed by atoms with E-state index >= 15 is 0 Å². The largest absolute Gasteiger partial charge is 0.378 e. The van der Waals surface area contributed by atoms with E-state index in [4.69, 9.17) is 14.5 Å². The first-order valence-electron chi connectivity index (χ1n) is 22.5. The van der Waals surface area contributed by atoms with Crippen molar-refractivity contribution in [2.75, 3.05) is 65.7 Å². The summed E-state index contributed by atoms with van der Waals surface area (Å²) in [6, 6.07) is 24.2. The number of likely N-dealkylation sites (tertiary alicyclic amines) is 2. The van der Waals surface area contributed by atoms with Crippen molar-refractivity contribution in [3.8, 4) is 23.1 Å². The first-order valence-corrected chi connectivity index (χ1v) is 22.5. The third-order valence-corrected chi connectivity index (χ3v) is 12.6. The number of ether oxygens (including phenoxy) is 2. The predicted molar refractivity (Wildman–Crippen MR) is 241 cm³/mol. The van der Waals surface area contributed by atoms with Gasteiger partial charge in [0, 0.05) is 45.7 Å². The van der Waals surface area contributed by atoms with Crippen LogP contribution in [0.15, 0.2) is 97.3 Å². The highest BCUT2D eigenvalue weighted by molar-refractivity contribution is 5.89. The minimum Gasteiger partial charge on any atom is -0.378 e. The minimum absolute atomic E-state index is 0.162. The summed E-state index contributed by atoms with van der Waals surface area (Å²) >= 11 is 0. The number of carbonyl (C=O) groups excluding carboxylic acids is 4. The maximum absolute atomic E-state index is 14.3. The highest BCUT2D eigenvalue weighted by Gasteiger charge is 2.39. The molecule has 0 aliphatic carbocycles. The van der Waals surface area contributed by atoms with E-state index < -0.39 is 12.1 Å². The molecule has 336 valence electrons. The Balaban J connectivity index is 0.820. The van der Waals surface area contributed by atoms with Crippen LogP contribution in [0.25, 0.3) is 11.3 Å². The molecule has 16 nitrogen and oxygen atoms in total. The lowest BCUT2D eigenvalue weighted by Gasteiger charge is -2.32. The zero-order chi connectivity index (χ0) is 44.5. The number of morpholine rings is 2. The number of rotatable bonds is 10. The molecule has 4 aliphatic heterocycles. The molecule has 6 amide bonds. The van der Waals surface area contributed by atoms with Crippen molar-refractivity contribution < 1.29 is 28.7 Å². The van der Waals surface area contributed by atoms with E-state index in [0.29, 0.717) is 89.5 Å². The average molecular weight is 879 g/mol. The van der Waals surface area contributed by atoms with Crippen molar-refractivity contribution in [1.82, 2.24) is 50.2 Å². The molecule has 4 atom stereocenters. The number of aromatic amines is 2. The lowest BCUT2D eigenvalue weighted by atomic mass is 10.0. The molecule has 0 bridgehead atoms. The Morgan fingerprint density at radius 2 is 1.12 bits per heavy atom. The molecule has 0 radical (unpaired) electrons. The fourth-order valence-electron chi connectivity index (χ4n) is 9.06. The molecule has 65 heavy (non-hydrogen) atoms. The molecule has 0 spiro atoms. The number of aromatic nitrogens is 4. The Bertz CT molecular complexity index is 2490. The van der Waals surface area contributed by atoms with Gasteiger partial charge in [-0.1, -0.05) is 90.8 Å². The van der Waals surface area contributed by atoms with Gasteiger partial charge in [0.15, 0.2) is 0 Å². The third-order valence-electron chi connectivity index (χ3n) is 12.6. The molecule has 6 heterocycles. The van der Waals surface area contributed by atoms with Crippen molar-refractivity contribution in [3.05, 3.63) is 131 Å². The number of H-pyrrole nitrogens is 2. The third kappa shape index (κ3) is 10.1. The molecular weight excluding hydrogens is 825 g/mol. The summed E-state index contributed by atoms with van der Waals surface area (Å²) in [5, 5.41) is 6.03. The summed E-state index contributed by atoms with van der Waals surface area (Å²) in [7, 11) is 0. The Morgan fingerprint density at radius 3 is 1.65 bits per heavy atom. The maximum Gasteiger partial charge on any atom is 0.318 e. The number of imidazole rings is 2. The summed E-state index contributed by atoms with van der Waals surface area (Å²) in [4.78, 5) is 78.2. The molecule has 4 fully saturated rings. The maximum atomic E-state index is 14.3. The van der Waals surface area contributed by atoms with Crippen molar-refractivity contribution in [2.24, 2.45) is 0 Å². The summed E-state index contributed by atoms with van der Waals surface area (Å²) in [6.07, 6.45) is 7.17. The van der Waals surface area contributed by atoms with Gasteiger partial charge in [0.1, 0.15) is 29.4 Å². The van der Waals surface area contributed by atoms with Crippen LogP contribution in [0.5, 0.6) is 0 Å². The van der Waals surface area contributed by atoms with E-state index in [-0.39, 0.29) is 36.0 Å². The smallest absolute Gasteiger partial charge is 0.318 e. The van der Waals surface area contributed by atoms with E-state index in [1.807, 2.05) is 94.7 Å². The van der Waals surface area contributed by atoms with E-state index in [9.17, 15) is 19.2 Å². The average Bonchev–Trinajstić information content (AvgIpc) is 4.22. The van der Waals surface area contributed by atoms with Gasteiger partial charge < -0.3 is 49.7 Å². The SMILES string of the molecule is O=C(NC(C(=O)N1CCCC1c1ncc(C#CCc2ccc(-c3cnc(C4CCCN4C(=O)C(NC(=O)N4CCOCC4)c4ccccc4)[nH]3)cc2)[nH]1)c1ccccc1)N1CCOCC1. The highest BCUT2D eigenvalue weighted by Crippen LogP contribution is 2.35. The van der Waals surface area contributed by atoms with Crippen LogP contribution in [0.4, 0.5) is 9.59 Å². The number of nitrogens with zero attached hydrogens (tertiary/aromatic N) is 6. The van der Waals surface area contributed by atoms with Crippen LogP contribution in [0.3, 0.4) is 0 Å². The highest BCUT2D eigenvalue weighted by atomic mass is 16.5. The lowest BCUT2D eigenvalue weighted by Crippen LogP contribution is -2.50. The van der Waals surface area contributed by atoms with Crippen LogP contribution in [-0.2, 0) is 25.5 Å². The fraction of sp³-hybridized carbons (Fsp3) is 0.388. The van der Waals surface area contributed by atoms with E-state index in [1.54, 1.807) is 22.2 Å². The standard InChI is InChI=1S/C49H54N10O6/c60-46(42(36-11-3-1-4-12-36)54-48(62)56-24-28-64-29-25-56)58-22-8-16-40(58)44-50-32-38(52-44)15-7-10-34-18-20-35(21-19-34)39-33-51-45(53-39)41-17-9-23-59(41)47(61)43(37-13-5-2-6-14-37)55-49(63)57-26-30-65-31-27-57/h1-6,11-14,18-21,32-33,40-43H,8-10,16-17,22-31H2,(H,50,52)(H,51,53)(H,54,62)(H,55,63). The number of benzene rings is 3. The fourth-order valence-corrected chi connectivity index (χ4v) is 9.06. The normalized spacial score (nSPS) is 19.6. The Kier molecular flexibility index (Phi) is 13.5. The zero-order valence-corrected chi connectivity index (χ0v) is 36.3. The van der Waals surface area contributed by atoms with Crippen LogP contribution < -0.4 is 10.6 Å². The van der Waals surface area contributed by atoms with Crippen LogP contribution in [0.1, 0.15) is 83.9 Å². The molecular formula is C49H54N10O6. The Morgan fingerprint density at radius 1 is 0.631 bits per heavy atom. The number of hydrogen-bond acceptors (Lipinski definition) is 8. The molecule has 16 heteroatoms. The molecule has 5 aromatic rings. The predicted octanol–water partition coefficient (Wildman–Crippen LogP) is 5.29. The second kappa shape index (κ2) is 20.3. The molecule has 4 saturated heterocycles. The molecule has 0 saturated carbocycles. The first kappa shape index (κ1) is 43.3. The van der Waals surface area contributed by atoms with Gasteiger partial charge in [0.2, 0.25) is 11.8 Å².